The summed E-state index contributed by atoms with van der Waals surface area (Å²) in [5.41, 5.74) is 0. The molecule has 2 amide bonds. The molecule has 7 heteroatoms. The predicted molar refractivity (Wildman–Crippen MR) is 70.1 cm³/mol. The molecule has 0 fully saturated rings. The van der Waals surface area contributed by atoms with Crippen molar-refractivity contribution in [2.75, 3.05) is 26.0 Å². The number of ether oxygens (including phenoxy) is 1. The van der Waals surface area contributed by atoms with E-state index in [0.717, 1.165) is 0 Å². The lowest BCUT2D eigenvalue weighted by molar-refractivity contribution is -0.120. The van der Waals surface area contributed by atoms with Crippen molar-refractivity contribution in [3.05, 3.63) is 0 Å². The Bertz CT molecular complexity index is 315. The fourth-order valence-electron chi connectivity index (χ4n) is 0.993. The molecule has 0 aliphatic rings. The average Bonchev–Trinajstić information content (AvgIpc) is 2.34. The molecule has 0 saturated carbocycles. The Morgan fingerprint density at radius 2 is 2.06 bits per heavy atom. The normalized spacial score (nSPS) is 11.5. The minimum Gasteiger partial charge on any atom is -0.449 e. The minimum atomic E-state index is -0.532. The maximum Gasteiger partial charge on any atom is 0.407 e. The first-order valence-electron chi connectivity index (χ1n) is 5.59. The number of nitrogens with zero attached hydrogens (tertiary/aromatic N) is 1. The van der Waals surface area contributed by atoms with Gasteiger partial charge in [-0.25, -0.2) is 4.79 Å². The van der Waals surface area contributed by atoms with E-state index < -0.39 is 11.3 Å². The highest BCUT2D eigenvalue weighted by atomic mass is 32.2. The van der Waals surface area contributed by atoms with Gasteiger partial charge in [0, 0.05) is 6.54 Å². The van der Waals surface area contributed by atoms with E-state index in [1.54, 1.807) is 6.26 Å². The van der Waals surface area contributed by atoms with E-state index in [4.69, 9.17) is 10.00 Å². The number of thioether (sulfide) groups is 1. The molecule has 1 atom stereocenters. The van der Waals surface area contributed by atoms with Gasteiger partial charge in [-0.3, -0.25) is 4.79 Å². The topological polar surface area (TPSA) is 91.2 Å². The van der Waals surface area contributed by atoms with Crippen LogP contribution < -0.4 is 10.6 Å². The zero-order valence-corrected chi connectivity index (χ0v) is 11.7. The summed E-state index contributed by atoms with van der Waals surface area (Å²) in [5, 5.41) is 12.9. The van der Waals surface area contributed by atoms with E-state index in [1.807, 2.05) is 19.9 Å². The number of carbonyl (C=O) groups excluding carboxylic acids is 2. The molecule has 6 nitrogen and oxygen atoms in total. The standard InChI is InChI=1S/C11H19N3O3S/c1-8(2)7-17-11(16)14-6-9(18-3)10(15)13-5-4-12/h8-9H,5-7H2,1-3H3,(H,13,15)(H,14,16). The van der Waals surface area contributed by atoms with Crippen molar-refractivity contribution in [1.82, 2.24) is 10.6 Å². The first kappa shape index (κ1) is 16.6. The van der Waals surface area contributed by atoms with E-state index in [-0.39, 0.29) is 24.9 Å². The van der Waals surface area contributed by atoms with Crippen molar-refractivity contribution in [2.45, 2.75) is 19.1 Å². The van der Waals surface area contributed by atoms with Crippen molar-refractivity contribution in [2.24, 2.45) is 5.92 Å². The highest BCUT2D eigenvalue weighted by Crippen LogP contribution is 2.05. The minimum absolute atomic E-state index is 0.0340. The van der Waals surface area contributed by atoms with Crippen LogP contribution >= 0.6 is 11.8 Å². The van der Waals surface area contributed by atoms with Gasteiger partial charge in [0.1, 0.15) is 11.8 Å². The SMILES string of the molecule is CSC(CNC(=O)OCC(C)C)C(=O)NCC#N. The second-order valence-corrected chi connectivity index (χ2v) is 5.01. The highest BCUT2D eigenvalue weighted by Gasteiger charge is 2.17. The molecule has 0 aliphatic carbocycles. The van der Waals surface area contributed by atoms with Crippen LogP contribution in [-0.4, -0.2) is 43.2 Å². The molecule has 0 aromatic rings. The maximum atomic E-state index is 11.5. The zero-order valence-electron chi connectivity index (χ0n) is 10.9. The van der Waals surface area contributed by atoms with E-state index >= 15 is 0 Å². The Labute approximate surface area is 111 Å². The summed E-state index contributed by atoms with van der Waals surface area (Å²) in [6.07, 6.45) is 1.23. The van der Waals surface area contributed by atoms with E-state index in [2.05, 4.69) is 10.6 Å². The average molecular weight is 273 g/mol. The summed E-state index contributed by atoms with van der Waals surface area (Å²) in [7, 11) is 0. The van der Waals surface area contributed by atoms with Gasteiger partial charge >= 0.3 is 6.09 Å². The number of carbonyl (C=O) groups is 2. The predicted octanol–water partition coefficient (Wildman–Crippen LogP) is 0.740. The van der Waals surface area contributed by atoms with Crippen LogP contribution in [0.25, 0.3) is 0 Å². The summed E-state index contributed by atoms with van der Waals surface area (Å²) in [5.74, 6) is -0.000709. The Morgan fingerprint density at radius 1 is 1.39 bits per heavy atom. The molecule has 0 spiro atoms. The number of alkyl carbamates (subject to hydrolysis) is 1. The smallest absolute Gasteiger partial charge is 0.407 e. The highest BCUT2D eigenvalue weighted by molar-refractivity contribution is 7.99. The molecule has 102 valence electrons. The third kappa shape index (κ3) is 7.79. The van der Waals surface area contributed by atoms with Crippen molar-refractivity contribution in [1.29, 1.82) is 5.26 Å². The van der Waals surface area contributed by atoms with Crippen molar-refractivity contribution in [3.63, 3.8) is 0 Å². The van der Waals surface area contributed by atoms with Crippen LogP contribution in [0.4, 0.5) is 4.79 Å². The largest absolute Gasteiger partial charge is 0.449 e. The van der Waals surface area contributed by atoms with Crippen LogP contribution in [0.1, 0.15) is 13.8 Å². The summed E-state index contributed by atoms with van der Waals surface area (Å²) < 4.78 is 4.92. The van der Waals surface area contributed by atoms with Gasteiger partial charge in [0.05, 0.1) is 12.7 Å². The van der Waals surface area contributed by atoms with Gasteiger partial charge in [-0.15, -0.1) is 0 Å². The molecule has 18 heavy (non-hydrogen) atoms. The van der Waals surface area contributed by atoms with E-state index in [9.17, 15) is 9.59 Å². The number of nitriles is 1. The summed E-state index contributed by atoms with van der Waals surface area (Å²) in [6.45, 7) is 4.36. The zero-order chi connectivity index (χ0) is 14.0. The Kier molecular flexibility index (Phi) is 8.84. The number of hydrogen-bond acceptors (Lipinski definition) is 5. The van der Waals surface area contributed by atoms with Gasteiger partial charge in [-0.1, -0.05) is 13.8 Å². The van der Waals surface area contributed by atoms with E-state index in [0.29, 0.717) is 6.61 Å². The lowest BCUT2D eigenvalue weighted by Gasteiger charge is -2.14. The second-order valence-electron chi connectivity index (χ2n) is 3.97. The van der Waals surface area contributed by atoms with Gasteiger partial charge in [0.2, 0.25) is 5.91 Å². The molecule has 0 bridgehead atoms. The van der Waals surface area contributed by atoms with Crippen molar-refractivity contribution < 1.29 is 14.3 Å². The third-order valence-electron chi connectivity index (χ3n) is 1.90. The quantitative estimate of drug-likeness (QED) is 0.668. The summed E-state index contributed by atoms with van der Waals surface area (Å²) >= 11 is 1.30. The number of nitrogens with one attached hydrogen (secondary N) is 2. The maximum absolute atomic E-state index is 11.5. The second kappa shape index (κ2) is 9.59. The Balaban J connectivity index is 3.96. The van der Waals surface area contributed by atoms with E-state index in [1.165, 1.54) is 11.8 Å². The van der Waals surface area contributed by atoms with Crippen LogP contribution in [0.3, 0.4) is 0 Å². The first-order chi connectivity index (χ1) is 8.51. The number of hydrogen-bond donors (Lipinski definition) is 2. The van der Waals surface area contributed by atoms with Gasteiger partial charge in [0.25, 0.3) is 0 Å². The molecule has 2 N–H and O–H groups in total. The Morgan fingerprint density at radius 3 is 2.56 bits per heavy atom. The van der Waals surface area contributed by atoms with Crippen LogP contribution in [0.5, 0.6) is 0 Å². The number of amides is 2. The summed E-state index contributed by atoms with van der Waals surface area (Å²) in [6, 6.07) is 1.82. The van der Waals surface area contributed by atoms with Gasteiger partial charge in [-0.05, 0) is 12.2 Å². The first-order valence-corrected chi connectivity index (χ1v) is 6.88. The molecule has 0 aromatic carbocycles. The van der Waals surface area contributed by atoms with Crippen LogP contribution in [0.15, 0.2) is 0 Å². The molecule has 0 rings (SSSR count). The summed E-state index contributed by atoms with van der Waals surface area (Å²) in [4.78, 5) is 22.8. The fraction of sp³-hybridized carbons (Fsp3) is 0.727. The molecule has 0 aromatic heterocycles. The van der Waals surface area contributed by atoms with Crippen molar-refractivity contribution in [3.8, 4) is 6.07 Å². The van der Waals surface area contributed by atoms with Crippen molar-refractivity contribution >= 4 is 23.8 Å². The lowest BCUT2D eigenvalue weighted by atomic mass is 10.2. The lowest BCUT2D eigenvalue weighted by Crippen LogP contribution is -2.41. The monoisotopic (exact) mass is 273 g/mol. The third-order valence-corrected chi connectivity index (χ3v) is 2.85. The molecule has 1 unspecified atom stereocenters. The molecular weight excluding hydrogens is 254 g/mol. The van der Waals surface area contributed by atoms with Crippen LogP contribution in [0, 0.1) is 17.2 Å². The Hall–Kier alpha value is -1.42. The van der Waals surface area contributed by atoms with Crippen LogP contribution in [-0.2, 0) is 9.53 Å². The van der Waals surface area contributed by atoms with Gasteiger partial charge in [-0.2, -0.15) is 17.0 Å². The molecular formula is C11H19N3O3S. The van der Waals surface area contributed by atoms with Crippen LogP contribution in [0.2, 0.25) is 0 Å². The molecule has 0 saturated heterocycles. The molecule has 0 heterocycles. The molecule has 0 radical (unpaired) electrons. The fourth-order valence-corrected chi connectivity index (χ4v) is 1.54. The van der Waals surface area contributed by atoms with Gasteiger partial charge < -0.3 is 15.4 Å². The van der Waals surface area contributed by atoms with Gasteiger partial charge in [0.15, 0.2) is 0 Å². The molecule has 0 aliphatic heterocycles. The number of rotatable bonds is 7.